The molecule has 2 amide bonds. The molecule has 0 aromatic heterocycles. The van der Waals surface area contributed by atoms with Crippen LogP contribution in [0.25, 0.3) is 0 Å². The number of nitrogens with one attached hydrogen (secondary N) is 2. The first-order valence-corrected chi connectivity index (χ1v) is 13.7. The molecule has 2 atom stereocenters. The Bertz CT molecular complexity index is 1090. The molecule has 11 heteroatoms. The Morgan fingerprint density at radius 2 is 1.70 bits per heavy atom. The number of nitrogen functional groups attached to an aromatic ring is 1. The van der Waals surface area contributed by atoms with Crippen molar-refractivity contribution >= 4 is 27.7 Å². The average molecular weight is 535 g/mol. The zero-order valence-electron chi connectivity index (χ0n) is 21.6. The van der Waals surface area contributed by atoms with E-state index in [-0.39, 0.29) is 29.9 Å². The number of unbranched alkanes of at least 4 members (excludes halogenated alkanes) is 1. The number of rotatable bonds is 14. The zero-order valence-corrected chi connectivity index (χ0v) is 22.4. The Hall–Kier alpha value is -3.15. The van der Waals surface area contributed by atoms with E-state index < -0.39 is 28.2 Å². The highest BCUT2D eigenvalue weighted by molar-refractivity contribution is 7.89. The van der Waals surface area contributed by atoms with Crippen molar-refractivity contribution in [3.63, 3.8) is 0 Å². The number of sulfonamides is 1. The van der Waals surface area contributed by atoms with Gasteiger partial charge < -0.3 is 26.2 Å². The van der Waals surface area contributed by atoms with Crippen LogP contribution in [-0.2, 0) is 19.6 Å². The van der Waals surface area contributed by atoms with Crippen LogP contribution in [0.3, 0.4) is 0 Å². The summed E-state index contributed by atoms with van der Waals surface area (Å²) in [5.41, 5.74) is 6.78. The van der Waals surface area contributed by atoms with E-state index in [1.165, 1.54) is 35.7 Å². The van der Waals surface area contributed by atoms with Gasteiger partial charge in [-0.1, -0.05) is 50.6 Å². The lowest BCUT2D eigenvalue weighted by atomic mass is 10.1. The third-order valence-electron chi connectivity index (χ3n) is 5.76. The van der Waals surface area contributed by atoms with E-state index in [0.717, 1.165) is 0 Å². The number of alkyl carbamates (subject to hydrolysis) is 1. The summed E-state index contributed by atoms with van der Waals surface area (Å²) >= 11 is 0. The molecule has 0 saturated heterocycles. The number of nitrogens with zero attached hydrogens (tertiary/aromatic N) is 1. The lowest BCUT2D eigenvalue weighted by Crippen LogP contribution is -2.44. The maximum absolute atomic E-state index is 13.4. The van der Waals surface area contributed by atoms with E-state index in [9.17, 15) is 23.1 Å². The Morgan fingerprint density at radius 3 is 2.27 bits per heavy atom. The lowest BCUT2D eigenvalue weighted by molar-refractivity contribution is -0.123. The summed E-state index contributed by atoms with van der Waals surface area (Å²) < 4.78 is 32.7. The van der Waals surface area contributed by atoms with E-state index in [1.807, 2.05) is 19.9 Å². The summed E-state index contributed by atoms with van der Waals surface area (Å²) in [6, 6.07) is 13.3. The number of amides is 2. The van der Waals surface area contributed by atoms with Gasteiger partial charge in [-0.05, 0) is 48.6 Å². The predicted octanol–water partition coefficient (Wildman–Crippen LogP) is 2.66. The maximum atomic E-state index is 13.4. The smallest absolute Gasteiger partial charge is 0.407 e. The molecule has 10 nitrogen and oxygen atoms in total. The highest BCUT2D eigenvalue weighted by Gasteiger charge is 2.31. The molecule has 0 spiro atoms. The third kappa shape index (κ3) is 9.03. The van der Waals surface area contributed by atoms with Gasteiger partial charge in [0.15, 0.2) is 0 Å². The van der Waals surface area contributed by atoms with Gasteiger partial charge in [-0.15, -0.1) is 0 Å². The second-order valence-electron chi connectivity index (χ2n) is 9.14. The molecule has 37 heavy (non-hydrogen) atoms. The summed E-state index contributed by atoms with van der Waals surface area (Å²) in [5, 5.41) is 15.4. The topological polar surface area (TPSA) is 151 Å². The maximum Gasteiger partial charge on any atom is 0.407 e. The monoisotopic (exact) mass is 534 g/mol. The van der Waals surface area contributed by atoms with Gasteiger partial charge in [0.25, 0.3) is 0 Å². The molecule has 204 valence electrons. The van der Waals surface area contributed by atoms with Gasteiger partial charge in [-0.25, -0.2) is 13.2 Å². The van der Waals surface area contributed by atoms with E-state index in [0.29, 0.717) is 37.1 Å². The molecule has 0 saturated carbocycles. The first-order chi connectivity index (χ1) is 17.6. The molecular formula is C26H38N4O6S. The summed E-state index contributed by atoms with van der Waals surface area (Å²) in [4.78, 5) is 24.6. The third-order valence-corrected chi connectivity index (χ3v) is 7.69. The van der Waals surface area contributed by atoms with Crippen molar-refractivity contribution in [1.29, 1.82) is 0 Å². The summed E-state index contributed by atoms with van der Waals surface area (Å²) in [7, 11) is -2.62. The van der Waals surface area contributed by atoms with Crippen LogP contribution in [0, 0.1) is 5.92 Å². The number of hydrogen-bond acceptors (Lipinski definition) is 7. The van der Waals surface area contributed by atoms with Crippen molar-refractivity contribution in [2.75, 3.05) is 32.5 Å². The van der Waals surface area contributed by atoms with E-state index in [4.69, 9.17) is 5.73 Å². The van der Waals surface area contributed by atoms with Gasteiger partial charge in [0.05, 0.1) is 18.6 Å². The van der Waals surface area contributed by atoms with Crippen LogP contribution in [-0.4, -0.2) is 62.7 Å². The Kier molecular flexibility index (Phi) is 11.8. The minimum atomic E-state index is -3.84. The van der Waals surface area contributed by atoms with Crippen molar-refractivity contribution in [1.82, 2.24) is 14.9 Å². The van der Waals surface area contributed by atoms with Crippen molar-refractivity contribution in [3.05, 3.63) is 60.2 Å². The molecular weight excluding hydrogens is 496 g/mol. The molecule has 0 aliphatic carbocycles. The van der Waals surface area contributed by atoms with Crippen LogP contribution in [0.5, 0.6) is 0 Å². The number of nitrogens with two attached hydrogens (primary N) is 1. The predicted molar refractivity (Wildman–Crippen MR) is 142 cm³/mol. The van der Waals surface area contributed by atoms with Gasteiger partial charge in [0.2, 0.25) is 15.9 Å². The van der Waals surface area contributed by atoms with Crippen LogP contribution in [0.2, 0.25) is 0 Å². The minimum absolute atomic E-state index is 0.0501. The molecule has 0 radical (unpaired) electrons. The Labute approximate surface area is 219 Å². The quantitative estimate of drug-likeness (QED) is 0.215. The molecule has 2 rings (SSSR count). The lowest BCUT2D eigenvalue weighted by Gasteiger charge is -2.31. The number of benzene rings is 2. The highest BCUT2D eigenvalue weighted by atomic mass is 32.2. The van der Waals surface area contributed by atoms with Crippen LogP contribution in [0.15, 0.2) is 59.5 Å². The molecule has 0 aliphatic rings. The fourth-order valence-corrected chi connectivity index (χ4v) is 5.66. The fraction of sp³-hybridized carbons (Fsp3) is 0.462. The SMILES string of the molecule is COC(=O)N[C@H](C(=O)NCCCCC(CO)N(CC(C)C)S(=O)(=O)c1ccc(N)cc1)c1ccccc1. The van der Waals surface area contributed by atoms with Crippen LogP contribution in [0.4, 0.5) is 10.5 Å². The fourth-order valence-electron chi connectivity index (χ4n) is 3.85. The second-order valence-corrected chi connectivity index (χ2v) is 11.0. The molecule has 1 unspecified atom stereocenters. The zero-order chi connectivity index (χ0) is 27.4. The van der Waals surface area contributed by atoms with Gasteiger partial charge in [0.1, 0.15) is 6.04 Å². The summed E-state index contributed by atoms with van der Waals surface area (Å²) in [6.45, 7) is 4.08. The number of carbonyl (C=O) groups excluding carboxylic acids is 2. The van der Waals surface area contributed by atoms with Crippen molar-refractivity contribution < 1.29 is 27.9 Å². The standard InChI is InChI=1S/C26H38N4O6S/c1-19(2)17-30(37(34,35)23-14-12-21(27)13-15-23)22(18-31)11-7-8-16-28-25(32)24(29-26(33)36-3)20-9-5-4-6-10-20/h4-6,9-10,12-15,19,22,24,31H,7-8,11,16-18,27H2,1-3H3,(H,28,32)(H,29,33)/t22?,24-/m0/s1. The largest absolute Gasteiger partial charge is 0.453 e. The Morgan fingerprint density at radius 1 is 1.05 bits per heavy atom. The number of aliphatic hydroxyl groups is 1. The van der Waals surface area contributed by atoms with E-state index in [2.05, 4.69) is 15.4 Å². The number of carbonyl (C=O) groups is 2. The highest BCUT2D eigenvalue weighted by Crippen LogP contribution is 2.23. The van der Waals surface area contributed by atoms with Gasteiger partial charge in [-0.3, -0.25) is 4.79 Å². The van der Waals surface area contributed by atoms with Gasteiger partial charge in [-0.2, -0.15) is 4.31 Å². The van der Waals surface area contributed by atoms with E-state index in [1.54, 1.807) is 24.3 Å². The number of ether oxygens (including phenoxy) is 1. The summed E-state index contributed by atoms with van der Waals surface area (Å²) in [5.74, 6) is -0.336. The van der Waals surface area contributed by atoms with Gasteiger partial charge >= 0.3 is 6.09 Å². The average Bonchev–Trinajstić information content (AvgIpc) is 2.88. The molecule has 5 N–H and O–H groups in total. The molecule has 2 aromatic rings. The first kappa shape index (κ1) is 30.1. The Balaban J connectivity index is 1.99. The second kappa shape index (κ2) is 14.6. The van der Waals surface area contributed by atoms with E-state index >= 15 is 0 Å². The molecule has 0 heterocycles. The molecule has 0 bridgehead atoms. The normalized spacial score (nSPS) is 13.2. The van der Waals surface area contributed by atoms with Crippen molar-refractivity contribution in [3.8, 4) is 0 Å². The minimum Gasteiger partial charge on any atom is -0.453 e. The first-order valence-electron chi connectivity index (χ1n) is 12.3. The number of anilines is 1. The summed E-state index contributed by atoms with van der Waals surface area (Å²) in [6.07, 6.45) is 0.815. The van der Waals surface area contributed by atoms with Crippen molar-refractivity contribution in [2.24, 2.45) is 5.92 Å². The van der Waals surface area contributed by atoms with Crippen LogP contribution >= 0.6 is 0 Å². The molecule has 2 aromatic carbocycles. The molecule has 0 aliphatic heterocycles. The van der Waals surface area contributed by atoms with Crippen molar-refractivity contribution in [2.45, 2.75) is 50.1 Å². The van der Waals surface area contributed by atoms with Gasteiger partial charge in [0, 0.05) is 24.8 Å². The molecule has 0 fully saturated rings. The number of hydrogen-bond donors (Lipinski definition) is 4. The number of methoxy groups -OCH3 is 1. The van der Waals surface area contributed by atoms with Crippen LogP contribution in [0.1, 0.15) is 44.7 Å². The van der Waals surface area contributed by atoms with Crippen LogP contribution < -0.4 is 16.4 Å². The number of aliphatic hydroxyl groups excluding tert-OH is 1.